The van der Waals surface area contributed by atoms with E-state index < -0.39 is 10.0 Å². The SMILES string of the molecule is O=C(Nc1nnc(C23CC4CC(CC(C4)C2)C3)s1)c1cccc(S(=O)(=O)NC2CCCC2)c1. The van der Waals surface area contributed by atoms with E-state index in [0.29, 0.717) is 10.7 Å². The van der Waals surface area contributed by atoms with Crippen LogP contribution in [0, 0.1) is 17.8 Å². The molecule has 0 atom stereocenters. The Bertz CT molecular complexity index is 1130. The minimum absolute atomic E-state index is 0.0168. The lowest BCUT2D eigenvalue weighted by Gasteiger charge is -2.55. The van der Waals surface area contributed by atoms with E-state index in [4.69, 9.17) is 0 Å². The fourth-order valence-electron chi connectivity index (χ4n) is 7.17. The molecule has 0 spiro atoms. The standard InChI is InChI=1S/C24H30N4O3S2/c29-21(18-4-3-7-20(11-18)33(30,31)28-19-5-1-2-6-19)25-23-27-26-22(32-23)24-12-15-8-16(13-24)10-17(9-15)14-24/h3-4,7,11,15-17,19,28H,1-2,5-6,8-10,12-14H2,(H,25,27,29). The van der Waals surface area contributed by atoms with Crippen molar-refractivity contribution in [2.75, 3.05) is 5.32 Å². The second-order valence-corrected chi connectivity index (χ2v) is 13.4. The van der Waals surface area contributed by atoms with E-state index >= 15 is 0 Å². The largest absolute Gasteiger partial charge is 0.296 e. The summed E-state index contributed by atoms with van der Waals surface area (Å²) in [6.45, 7) is 0. The van der Waals surface area contributed by atoms with Crippen LogP contribution >= 0.6 is 11.3 Å². The van der Waals surface area contributed by atoms with Gasteiger partial charge in [-0.25, -0.2) is 13.1 Å². The Hall–Kier alpha value is -1.84. The number of benzene rings is 1. The van der Waals surface area contributed by atoms with E-state index in [1.165, 1.54) is 62.0 Å². The maximum absolute atomic E-state index is 12.9. The van der Waals surface area contributed by atoms with Crippen LogP contribution < -0.4 is 10.0 Å². The second kappa shape index (κ2) is 8.13. The number of rotatable bonds is 6. The van der Waals surface area contributed by atoms with Crippen molar-refractivity contribution in [3.05, 3.63) is 34.8 Å². The molecule has 176 valence electrons. The molecule has 0 unspecified atom stereocenters. The molecule has 9 heteroatoms. The van der Waals surface area contributed by atoms with Crippen molar-refractivity contribution in [2.45, 2.75) is 80.6 Å². The molecule has 2 N–H and O–H groups in total. The van der Waals surface area contributed by atoms with Crippen LogP contribution in [0.2, 0.25) is 0 Å². The average Bonchev–Trinajstić information content (AvgIpc) is 3.45. The summed E-state index contributed by atoms with van der Waals surface area (Å²) in [6, 6.07) is 6.19. The van der Waals surface area contributed by atoms with Gasteiger partial charge in [-0.15, -0.1) is 10.2 Å². The molecule has 7 nitrogen and oxygen atoms in total. The summed E-state index contributed by atoms with van der Waals surface area (Å²) in [6.07, 6.45) is 11.5. The molecular weight excluding hydrogens is 456 g/mol. The minimum Gasteiger partial charge on any atom is -0.296 e. The zero-order valence-corrected chi connectivity index (χ0v) is 20.3. The van der Waals surface area contributed by atoms with Gasteiger partial charge in [-0.3, -0.25) is 10.1 Å². The van der Waals surface area contributed by atoms with Gasteiger partial charge in [0.15, 0.2) is 0 Å². The van der Waals surface area contributed by atoms with Crippen LogP contribution in [0.1, 0.15) is 79.6 Å². The molecule has 1 aromatic heterocycles. The molecule has 0 radical (unpaired) electrons. The Labute approximate surface area is 198 Å². The molecule has 1 aromatic carbocycles. The van der Waals surface area contributed by atoms with Crippen LogP contribution in [0.3, 0.4) is 0 Å². The van der Waals surface area contributed by atoms with Crippen molar-refractivity contribution >= 4 is 32.4 Å². The maximum Gasteiger partial charge on any atom is 0.257 e. The quantitative estimate of drug-likeness (QED) is 0.627. The highest BCUT2D eigenvalue weighted by Crippen LogP contribution is 2.61. The Morgan fingerprint density at radius 3 is 2.33 bits per heavy atom. The Kier molecular flexibility index (Phi) is 5.34. The number of carbonyl (C=O) groups excluding carboxylic acids is 1. The summed E-state index contributed by atoms with van der Waals surface area (Å²) < 4.78 is 28.3. The number of hydrogen-bond donors (Lipinski definition) is 2. The fourth-order valence-corrected chi connectivity index (χ4v) is 9.47. The Morgan fingerprint density at radius 2 is 1.67 bits per heavy atom. The van der Waals surface area contributed by atoms with Crippen LogP contribution in [0.4, 0.5) is 5.13 Å². The van der Waals surface area contributed by atoms with Gasteiger partial charge in [0.05, 0.1) is 4.90 Å². The topological polar surface area (TPSA) is 101 Å². The van der Waals surface area contributed by atoms with Gasteiger partial charge in [0.1, 0.15) is 5.01 Å². The number of aromatic nitrogens is 2. The van der Waals surface area contributed by atoms with Gasteiger partial charge >= 0.3 is 0 Å². The van der Waals surface area contributed by atoms with Crippen molar-refractivity contribution in [3.8, 4) is 0 Å². The van der Waals surface area contributed by atoms with E-state index in [0.717, 1.165) is 48.4 Å². The van der Waals surface area contributed by atoms with E-state index in [2.05, 4.69) is 20.2 Å². The van der Waals surface area contributed by atoms with Crippen molar-refractivity contribution in [3.63, 3.8) is 0 Å². The number of amides is 1. The minimum atomic E-state index is -3.65. The van der Waals surface area contributed by atoms with Gasteiger partial charge in [-0.1, -0.05) is 30.2 Å². The number of sulfonamides is 1. The third-order valence-electron chi connectivity index (χ3n) is 8.22. The first-order chi connectivity index (χ1) is 15.9. The van der Waals surface area contributed by atoms with Gasteiger partial charge in [-0.2, -0.15) is 0 Å². The van der Waals surface area contributed by atoms with Gasteiger partial charge in [0, 0.05) is 17.0 Å². The summed E-state index contributed by atoms with van der Waals surface area (Å²) in [4.78, 5) is 13.0. The average molecular weight is 487 g/mol. The molecule has 0 saturated heterocycles. The normalized spacial score (nSPS) is 31.2. The van der Waals surface area contributed by atoms with Crippen LogP contribution in [-0.4, -0.2) is 30.6 Å². The molecule has 4 bridgehead atoms. The summed E-state index contributed by atoms with van der Waals surface area (Å²) in [5.41, 5.74) is 0.450. The third kappa shape index (κ3) is 4.12. The summed E-state index contributed by atoms with van der Waals surface area (Å²) >= 11 is 1.49. The molecule has 5 aliphatic rings. The first-order valence-electron chi connectivity index (χ1n) is 12.2. The molecule has 1 amide bonds. The zero-order valence-electron chi connectivity index (χ0n) is 18.6. The first kappa shape index (κ1) is 21.7. The number of carbonyl (C=O) groups is 1. The second-order valence-electron chi connectivity index (χ2n) is 10.7. The molecule has 1 heterocycles. The monoisotopic (exact) mass is 486 g/mol. The lowest BCUT2D eigenvalue weighted by Crippen LogP contribution is -2.48. The van der Waals surface area contributed by atoms with Gasteiger partial charge in [-0.05, 0) is 87.3 Å². The highest BCUT2D eigenvalue weighted by Gasteiger charge is 2.53. The molecule has 0 aliphatic heterocycles. The van der Waals surface area contributed by atoms with Crippen molar-refractivity contribution in [1.82, 2.24) is 14.9 Å². The highest BCUT2D eigenvalue weighted by atomic mass is 32.2. The maximum atomic E-state index is 12.9. The summed E-state index contributed by atoms with van der Waals surface area (Å²) in [5, 5.41) is 13.2. The highest BCUT2D eigenvalue weighted by molar-refractivity contribution is 7.89. The van der Waals surface area contributed by atoms with Crippen LogP contribution in [0.25, 0.3) is 0 Å². The number of nitrogens with one attached hydrogen (secondary N) is 2. The first-order valence-corrected chi connectivity index (χ1v) is 14.5. The van der Waals surface area contributed by atoms with Gasteiger partial charge in [0.25, 0.3) is 5.91 Å². The van der Waals surface area contributed by atoms with Crippen molar-refractivity contribution < 1.29 is 13.2 Å². The number of hydrogen-bond acceptors (Lipinski definition) is 6. The Balaban J connectivity index is 1.17. The van der Waals surface area contributed by atoms with Gasteiger partial charge in [0.2, 0.25) is 15.2 Å². The molecule has 7 rings (SSSR count). The fraction of sp³-hybridized carbons (Fsp3) is 0.625. The lowest BCUT2D eigenvalue weighted by molar-refractivity contribution is -0.00555. The summed E-state index contributed by atoms with van der Waals surface area (Å²) in [5.74, 6) is 2.10. The van der Waals surface area contributed by atoms with E-state index in [9.17, 15) is 13.2 Å². The predicted octanol–water partition coefficient (Wildman–Crippen LogP) is 4.48. The molecular formula is C24H30N4O3S2. The lowest BCUT2D eigenvalue weighted by atomic mass is 9.50. The van der Waals surface area contributed by atoms with Crippen LogP contribution in [0.15, 0.2) is 29.2 Å². The van der Waals surface area contributed by atoms with E-state index in [-0.39, 0.29) is 22.3 Å². The predicted molar refractivity (Wildman–Crippen MR) is 127 cm³/mol. The molecule has 5 fully saturated rings. The molecule has 33 heavy (non-hydrogen) atoms. The molecule has 2 aromatic rings. The van der Waals surface area contributed by atoms with E-state index in [1.807, 2.05) is 0 Å². The van der Waals surface area contributed by atoms with Crippen molar-refractivity contribution in [2.24, 2.45) is 17.8 Å². The zero-order chi connectivity index (χ0) is 22.6. The Morgan fingerprint density at radius 1 is 1.00 bits per heavy atom. The third-order valence-corrected chi connectivity index (χ3v) is 10.8. The van der Waals surface area contributed by atoms with Gasteiger partial charge < -0.3 is 0 Å². The molecule has 5 aliphatic carbocycles. The molecule has 5 saturated carbocycles. The summed E-state index contributed by atoms with van der Waals surface area (Å²) in [7, 11) is -3.65. The van der Waals surface area contributed by atoms with Crippen LogP contribution in [-0.2, 0) is 15.4 Å². The van der Waals surface area contributed by atoms with E-state index in [1.54, 1.807) is 12.1 Å². The smallest absolute Gasteiger partial charge is 0.257 e. The van der Waals surface area contributed by atoms with Crippen LogP contribution in [0.5, 0.6) is 0 Å². The number of nitrogens with zero attached hydrogens (tertiary/aromatic N) is 2. The number of anilines is 1. The van der Waals surface area contributed by atoms with Crippen molar-refractivity contribution in [1.29, 1.82) is 0 Å².